The third kappa shape index (κ3) is 2.76. The number of nitrogens with zero attached hydrogens (tertiary/aromatic N) is 3. The van der Waals surface area contributed by atoms with Gasteiger partial charge in [0.05, 0.1) is 4.92 Å². The molecule has 0 aliphatic rings. The first-order chi connectivity index (χ1) is 7.64. The van der Waals surface area contributed by atoms with Gasteiger partial charge in [-0.15, -0.1) is 0 Å². The summed E-state index contributed by atoms with van der Waals surface area (Å²) < 4.78 is 37.9. The van der Waals surface area contributed by atoms with Crippen LogP contribution in [0.5, 0.6) is 0 Å². The molecule has 5 nitrogen and oxygen atoms in total. The minimum atomic E-state index is -4.86. The predicted octanol–water partition coefficient (Wildman–Crippen LogP) is 2.73. The van der Waals surface area contributed by atoms with E-state index in [1.807, 2.05) is 0 Å². The molecule has 1 heterocycles. The topological polar surface area (TPSA) is 59.3 Å². The van der Waals surface area contributed by atoms with Gasteiger partial charge in [0.1, 0.15) is 11.4 Å². The van der Waals surface area contributed by atoms with Gasteiger partial charge in [-0.1, -0.05) is 11.6 Å². The first-order valence-electron chi connectivity index (χ1n) is 4.24. The summed E-state index contributed by atoms with van der Waals surface area (Å²) in [4.78, 5) is 14.1. The standard InChI is InChI=1S/C8H7ClF3N3O2/c1-14(2)5-3-4(8(10,11)12)6(15(16)17)7(9)13-5/h3H,1-2H3. The van der Waals surface area contributed by atoms with Crippen molar-refractivity contribution in [3.63, 3.8) is 0 Å². The summed E-state index contributed by atoms with van der Waals surface area (Å²) in [7, 11) is 2.90. The maximum atomic E-state index is 12.6. The van der Waals surface area contributed by atoms with Gasteiger partial charge in [-0.2, -0.15) is 13.2 Å². The first-order valence-corrected chi connectivity index (χ1v) is 4.62. The Kier molecular flexibility index (Phi) is 3.46. The van der Waals surface area contributed by atoms with E-state index < -0.39 is 27.5 Å². The van der Waals surface area contributed by atoms with Crippen molar-refractivity contribution < 1.29 is 18.1 Å². The number of pyridine rings is 1. The van der Waals surface area contributed by atoms with Crippen LogP contribution in [0.25, 0.3) is 0 Å². The molecule has 0 saturated heterocycles. The second kappa shape index (κ2) is 4.36. The van der Waals surface area contributed by atoms with Crippen molar-refractivity contribution in [1.29, 1.82) is 0 Å². The molecule has 0 fully saturated rings. The number of nitro groups is 1. The van der Waals surface area contributed by atoms with Crippen molar-refractivity contribution in [2.24, 2.45) is 0 Å². The number of aromatic nitrogens is 1. The molecule has 0 atom stereocenters. The highest BCUT2D eigenvalue weighted by Crippen LogP contribution is 2.40. The van der Waals surface area contributed by atoms with Gasteiger partial charge in [0.2, 0.25) is 5.15 Å². The number of anilines is 1. The molecule has 0 amide bonds. The van der Waals surface area contributed by atoms with E-state index in [0.29, 0.717) is 6.07 Å². The molecule has 0 aliphatic carbocycles. The quantitative estimate of drug-likeness (QED) is 0.470. The lowest BCUT2D eigenvalue weighted by Gasteiger charge is -2.14. The number of rotatable bonds is 2. The van der Waals surface area contributed by atoms with E-state index in [2.05, 4.69) is 4.98 Å². The molecule has 1 aromatic heterocycles. The highest BCUT2D eigenvalue weighted by Gasteiger charge is 2.41. The average Bonchev–Trinajstić information content (AvgIpc) is 2.14. The molecule has 94 valence electrons. The Morgan fingerprint density at radius 2 is 2.00 bits per heavy atom. The second-order valence-corrected chi connectivity index (χ2v) is 3.67. The van der Waals surface area contributed by atoms with Crippen molar-refractivity contribution in [2.45, 2.75) is 6.18 Å². The lowest BCUT2D eigenvalue weighted by atomic mass is 10.2. The van der Waals surface area contributed by atoms with Gasteiger partial charge in [-0.05, 0) is 6.07 Å². The molecule has 0 aromatic carbocycles. The summed E-state index contributed by atoms with van der Waals surface area (Å²) in [6, 6.07) is 0.587. The summed E-state index contributed by atoms with van der Waals surface area (Å²) in [5.41, 5.74) is -2.64. The van der Waals surface area contributed by atoms with E-state index in [1.165, 1.54) is 19.0 Å². The van der Waals surface area contributed by atoms with E-state index in [-0.39, 0.29) is 5.82 Å². The Labute approximate surface area is 99.0 Å². The van der Waals surface area contributed by atoms with Crippen molar-refractivity contribution in [3.05, 3.63) is 26.9 Å². The zero-order valence-corrected chi connectivity index (χ0v) is 9.50. The van der Waals surface area contributed by atoms with Crippen LogP contribution in [0.4, 0.5) is 24.7 Å². The molecule has 1 rings (SSSR count). The van der Waals surface area contributed by atoms with Crippen LogP contribution in [0, 0.1) is 10.1 Å². The van der Waals surface area contributed by atoms with Gasteiger partial charge in [0.15, 0.2) is 0 Å². The van der Waals surface area contributed by atoms with Crippen LogP contribution in [0.1, 0.15) is 5.56 Å². The molecule has 0 radical (unpaired) electrons. The zero-order valence-electron chi connectivity index (χ0n) is 8.75. The summed E-state index contributed by atoms with van der Waals surface area (Å²) in [5.74, 6) is -0.104. The second-order valence-electron chi connectivity index (χ2n) is 3.32. The SMILES string of the molecule is CN(C)c1cc(C(F)(F)F)c([N+](=O)[O-])c(Cl)n1. The monoisotopic (exact) mass is 269 g/mol. The van der Waals surface area contributed by atoms with E-state index >= 15 is 0 Å². The van der Waals surface area contributed by atoms with Gasteiger partial charge in [0.25, 0.3) is 0 Å². The number of alkyl halides is 3. The van der Waals surface area contributed by atoms with E-state index in [1.54, 1.807) is 0 Å². The van der Waals surface area contributed by atoms with Crippen molar-refractivity contribution in [1.82, 2.24) is 4.98 Å². The van der Waals surface area contributed by atoms with Gasteiger partial charge in [0, 0.05) is 14.1 Å². The summed E-state index contributed by atoms with van der Waals surface area (Å²) in [6.45, 7) is 0. The van der Waals surface area contributed by atoms with Crippen LogP contribution in [0.3, 0.4) is 0 Å². The normalized spacial score (nSPS) is 11.4. The fourth-order valence-corrected chi connectivity index (χ4v) is 1.37. The third-order valence-electron chi connectivity index (χ3n) is 1.88. The van der Waals surface area contributed by atoms with Crippen LogP contribution in [-0.2, 0) is 6.18 Å². The van der Waals surface area contributed by atoms with Crippen molar-refractivity contribution >= 4 is 23.1 Å². The zero-order chi connectivity index (χ0) is 13.4. The van der Waals surface area contributed by atoms with Crippen LogP contribution >= 0.6 is 11.6 Å². The molecule has 17 heavy (non-hydrogen) atoms. The van der Waals surface area contributed by atoms with E-state index in [4.69, 9.17) is 11.6 Å². The largest absolute Gasteiger partial charge is 0.423 e. The highest BCUT2D eigenvalue weighted by atomic mass is 35.5. The molecular formula is C8H7ClF3N3O2. The number of halogens is 4. The summed E-state index contributed by atoms with van der Waals surface area (Å²) >= 11 is 5.40. The molecule has 1 aromatic rings. The smallest absolute Gasteiger partial charge is 0.363 e. The number of hydrogen-bond acceptors (Lipinski definition) is 4. The maximum Gasteiger partial charge on any atom is 0.423 e. The lowest BCUT2D eigenvalue weighted by molar-refractivity contribution is -0.388. The fourth-order valence-electron chi connectivity index (χ4n) is 1.11. The van der Waals surface area contributed by atoms with Gasteiger partial charge < -0.3 is 4.90 Å². The lowest BCUT2D eigenvalue weighted by Crippen LogP contribution is -2.15. The fraction of sp³-hybridized carbons (Fsp3) is 0.375. The van der Waals surface area contributed by atoms with Gasteiger partial charge in [-0.3, -0.25) is 10.1 Å². The highest BCUT2D eigenvalue weighted by molar-refractivity contribution is 6.31. The van der Waals surface area contributed by atoms with Crippen LogP contribution < -0.4 is 4.90 Å². The summed E-state index contributed by atoms with van der Waals surface area (Å²) in [5, 5.41) is 9.75. The maximum absolute atomic E-state index is 12.6. The van der Waals surface area contributed by atoms with E-state index in [9.17, 15) is 23.3 Å². The predicted molar refractivity (Wildman–Crippen MR) is 55.2 cm³/mol. The molecule has 0 saturated carbocycles. The Morgan fingerprint density at radius 3 is 2.35 bits per heavy atom. The van der Waals surface area contributed by atoms with Crippen LogP contribution in [-0.4, -0.2) is 24.0 Å². The Hall–Kier alpha value is -1.57. The number of hydrogen-bond donors (Lipinski definition) is 0. The Balaban J connectivity index is 3.57. The molecular weight excluding hydrogens is 263 g/mol. The molecule has 0 N–H and O–H groups in total. The molecule has 0 aliphatic heterocycles. The van der Waals surface area contributed by atoms with Gasteiger partial charge >= 0.3 is 11.9 Å². The first kappa shape index (κ1) is 13.5. The van der Waals surface area contributed by atoms with Crippen molar-refractivity contribution in [3.8, 4) is 0 Å². The van der Waals surface area contributed by atoms with Crippen LogP contribution in [0.15, 0.2) is 6.07 Å². The molecule has 0 spiro atoms. The van der Waals surface area contributed by atoms with Gasteiger partial charge in [-0.25, -0.2) is 4.98 Å². The average molecular weight is 270 g/mol. The minimum absolute atomic E-state index is 0.104. The Bertz CT molecular complexity index is 462. The molecule has 0 unspecified atom stereocenters. The Morgan fingerprint density at radius 1 is 1.47 bits per heavy atom. The third-order valence-corrected chi connectivity index (χ3v) is 2.15. The minimum Gasteiger partial charge on any atom is -0.363 e. The molecule has 9 heteroatoms. The van der Waals surface area contributed by atoms with E-state index in [0.717, 1.165) is 0 Å². The van der Waals surface area contributed by atoms with Crippen LogP contribution in [0.2, 0.25) is 5.15 Å². The summed E-state index contributed by atoms with van der Waals surface area (Å²) in [6.07, 6.45) is -4.86. The molecule has 0 bridgehead atoms. The van der Waals surface area contributed by atoms with Crippen molar-refractivity contribution in [2.75, 3.05) is 19.0 Å².